The van der Waals surface area contributed by atoms with Crippen molar-refractivity contribution in [3.05, 3.63) is 62.3 Å². The van der Waals surface area contributed by atoms with Gasteiger partial charge in [0.25, 0.3) is 11.4 Å². The van der Waals surface area contributed by atoms with E-state index in [4.69, 9.17) is 4.74 Å². The first-order valence-corrected chi connectivity index (χ1v) is 6.17. The minimum Gasteiger partial charge on any atom is -0.481 e. The predicted octanol–water partition coefficient (Wildman–Crippen LogP) is 2.52. The van der Waals surface area contributed by atoms with Crippen molar-refractivity contribution in [3.63, 3.8) is 0 Å². The van der Waals surface area contributed by atoms with Crippen molar-refractivity contribution in [1.29, 1.82) is 0 Å². The fraction of sp³-hybridized carbons (Fsp3) is 0.154. The van der Waals surface area contributed by atoms with Gasteiger partial charge in [-0.3, -0.25) is 20.2 Å². The van der Waals surface area contributed by atoms with Crippen molar-refractivity contribution in [2.24, 2.45) is 0 Å². The zero-order valence-corrected chi connectivity index (χ0v) is 11.6. The maximum Gasteiger partial charge on any atom is 0.299 e. The SMILES string of the molecule is COc1cc(CNc2ccc([N+](=O)[O-])cc2[N+](=O)[O-])ccn1. The Balaban J connectivity index is 2.21. The highest BCUT2D eigenvalue weighted by Gasteiger charge is 2.19. The minimum atomic E-state index is -0.676. The molecule has 2 rings (SSSR count). The lowest BCUT2D eigenvalue weighted by Crippen LogP contribution is -2.04. The molecule has 0 aliphatic carbocycles. The van der Waals surface area contributed by atoms with Crippen LogP contribution in [0.25, 0.3) is 0 Å². The van der Waals surface area contributed by atoms with Crippen LogP contribution in [-0.4, -0.2) is 21.9 Å². The van der Waals surface area contributed by atoms with Crippen LogP contribution in [-0.2, 0) is 6.54 Å². The quantitative estimate of drug-likeness (QED) is 0.642. The van der Waals surface area contributed by atoms with Gasteiger partial charge in [0.05, 0.1) is 23.0 Å². The molecule has 1 heterocycles. The first-order chi connectivity index (χ1) is 10.5. The summed E-state index contributed by atoms with van der Waals surface area (Å²) in [6, 6.07) is 6.86. The van der Waals surface area contributed by atoms with Crippen LogP contribution < -0.4 is 10.1 Å². The van der Waals surface area contributed by atoms with Crippen molar-refractivity contribution < 1.29 is 14.6 Å². The molecular weight excluding hydrogens is 292 g/mol. The smallest absolute Gasteiger partial charge is 0.299 e. The second kappa shape index (κ2) is 6.48. The molecule has 0 bridgehead atoms. The minimum absolute atomic E-state index is 0.200. The Hall–Kier alpha value is -3.23. The van der Waals surface area contributed by atoms with Crippen LogP contribution in [0.4, 0.5) is 17.1 Å². The number of nitro groups is 2. The van der Waals surface area contributed by atoms with Crippen molar-refractivity contribution in [2.75, 3.05) is 12.4 Å². The average molecular weight is 304 g/mol. The summed E-state index contributed by atoms with van der Waals surface area (Å²) in [7, 11) is 1.49. The standard InChI is InChI=1S/C13H12N4O5/c1-22-13-6-9(4-5-14-13)8-15-11-3-2-10(16(18)19)7-12(11)17(20)21/h2-7,15H,8H2,1H3. The molecule has 1 aromatic heterocycles. The van der Waals surface area contributed by atoms with Crippen molar-refractivity contribution in [3.8, 4) is 5.88 Å². The number of anilines is 1. The molecule has 2 aromatic rings. The van der Waals surface area contributed by atoms with Gasteiger partial charge in [0.2, 0.25) is 5.88 Å². The van der Waals surface area contributed by atoms with Crippen molar-refractivity contribution in [1.82, 2.24) is 4.98 Å². The van der Waals surface area contributed by atoms with Gasteiger partial charge in [0, 0.05) is 24.9 Å². The lowest BCUT2D eigenvalue weighted by atomic mass is 10.2. The maximum atomic E-state index is 11.0. The van der Waals surface area contributed by atoms with E-state index < -0.39 is 9.85 Å². The lowest BCUT2D eigenvalue weighted by molar-refractivity contribution is -0.393. The van der Waals surface area contributed by atoms with Gasteiger partial charge in [-0.25, -0.2) is 4.98 Å². The second-order valence-corrected chi connectivity index (χ2v) is 4.28. The first kappa shape index (κ1) is 15.2. The highest BCUT2D eigenvalue weighted by molar-refractivity contribution is 5.65. The Morgan fingerprint density at radius 3 is 2.59 bits per heavy atom. The zero-order valence-electron chi connectivity index (χ0n) is 11.6. The van der Waals surface area contributed by atoms with Gasteiger partial charge >= 0.3 is 0 Å². The third-order valence-corrected chi connectivity index (χ3v) is 2.88. The monoisotopic (exact) mass is 304 g/mol. The fourth-order valence-electron chi connectivity index (χ4n) is 1.80. The van der Waals surface area contributed by atoms with E-state index in [0.29, 0.717) is 5.88 Å². The number of nitro benzene ring substituents is 2. The molecule has 0 amide bonds. The molecule has 0 atom stereocenters. The van der Waals surface area contributed by atoms with Crippen LogP contribution in [0.15, 0.2) is 36.5 Å². The molecular formula is C13H12N4O5. The lowest BCUT2D eigenvalue weighted by Gasteiger charge is -2.08. The van der Waals surface area contributed by atoms with E-state index in [2.05, 4.69) is 10.3 Å². The molecule has 0 saturated heterocycles. The van der Waals surface area contributed by atoms with E-state index in [1.165, 1.54) is 19.2 Å². The Morgan fingerprint density at radius 1 is 1.18 bits per heavy atom. The van der Waals surface area contributed by atoms with Gasteiger partial charge in [-0.15, -0.1) is 0 Å². The number of rotatable bonds is 6. The molecule has 1 aromatic carbocycles. The number of pyridine rings is 1. The Labute approximate surface area is 124 Å². The van der Waals surface area contributed by atoms with E-state index in [1.54, 1.807) is 18.3 Å². The number of nitrogens with one attached hydrogen (secondary N) is 1. The second-order valence-electron chi connectivity index (χ2n) is 4.28. The molecule has 9 heteroatoms. The number of nitrogens with zero attached hydrogens (tertiary/aromatic N) is 3. The number of benzene rings is 1. The molecule has 0 unspecified atom stereocenters. The van der Waals surface area contributed by atoms with Gasteiger partial charge in [-0.1, -0.05) is 0 Å². The summed E-state index contributed by atoms with van der Waals surface area (Å²) in [5.74, 6) is 0.428. The summed E-state index contributed by atoms with van der Waals surface area (Å²) in [6.45, 7) is 0.289. The summed E-state index contributed by atoms with van der Waals surface area (Å²) < 4.78 is 4.99. The van der Waals surface area contributed by atoms with Crippen LogP contribution in [0, 0.1) is 20.2 Å². The van der Waals surface area contributed by atoms with E-state index in [1.807, 2.05) is 0 Å². The number of aromatic nitrogens is 1. The highest BCUT2D eigenvalue weighted by Crippen LogP contribution is 2.29. The van der Waals surface area contributed by atoms with Crippen LogP contribution in [0.5, 0.6) is 5.88 Å². The predicted molar refractivity (Wildman–Crippen MR) is 77.9 cm³/mol. The molecule has 0 fully saturated rings. The van der Waals surface area contributed by atoms with Crippen molar-refractivity contribution in [2.45, 2.75) is 6.54 Å². The van der Waals surface area contributed by atoms with E-state index in [0.717, 1.165) is 11.6 Å². The normalized spacial score (nSPS) is 10.0. The van der Waals surface area contributed by atoms with Gasteiger partial charge < -0.3 is 10.1 Å². The van der Waals surface area contributed by atoms with Crippen LogP contribution >= 0.6 is 0 Å². The molecule has 0 aliphatic rings. The Bertz CT molecular complexity index is 719. The molecule has 9 nitrogen and oxygen atoms in total. The van der Waals surface area contributed by atoms with Gasteiger partial charge in [0.15, 0.2) is 0 Å². The number of ether oxygens (including phenoxy) is 1. The number of hydrogen-bond acceptors (Lipinski definition) is 7. The van der Waals surface area contributed by atoms with E-state index in [-0.39, 0.29) is 23.6 Å². The summed E-state index contributed by atoms with van der Waals surface area (Å²) in [4.78, 5) is 24.3. The molecule has 114 valence electrons. The third kappa shape index (κ3) is 3.45. The zero-order chi connectivity index (χ0) is 16.1. The summed E-state index contributed by atoms with van der Waals surface area (Å²) in [6.07, 6.45) is 1.56. The molecule has 0 spiro atoms. The molecule has 0 aliphatic heterocycles. The van der Waals surface area contributed by atoms with Gasteiger partial charge in [-0.2, -0.15) is 0 Å². The first-order valence-electron chi connectivity index (χ1n) is 6.17. The third-order valence-electron chi connectivity index (χ3n) is 2.88. The van der Waals surface area contributed by atoms with E-state index in [9.17, 15) is 20.2 Å². The van der Waals surface area contributed by atoms with E-state index >= 15 is 0 Å². The largest absolute Gasteiger partial charge is 0.481 e. The fourth-order valence-corrected chi connectivity index (χ4v) is 1.80. The van der Waals surface area contributed by atoms with Gasteiger partial charge in [0.1, 0.15) is 5.69 Å². The van der Waals surface area contributed by atoms with Crippen LogP contribution in [0.3, 0.4) is 0 Å². The molecule has 1 N–H and O–H groups in total. The Kier molecular flexibility index (Phi) is 4.47. The maximum absolute atomic E-state index is 11.0. The summed E-state index contributed by atoms with van der Waals surface area (Å²) >= 11 is 0. The Morgan fingerprint density at radius 2 is 1.95 bits per heavy atom. The molecule has 0 radical (unpaired) electrons. The van der Waals surface area contributed by atoms with Crippen LogP contribution in [0.2, 0.25) is 0 Å². The van der Waals surface area contributed by atoms with Crippen LogP contribution in [0.1, 0.15) is 5.56 Å². The topological polar surface area (TPSA) is 120 Å². The van der Waals surface area contributed by atoms with Crippen molar-refractivity contribution >= 4 is 17.1 Å². The highest BCUT2D eigenvalue weighted by atomic mass is 16.6. The number of non-ortho nitro benzene ring substituents is 1. The van der Waals surface area contributed by atoms with Gasteiger partial charge in [-0.05, 0) is 17.7 Å². The summed E-state index contributed by atoms with van der Waals surface area (Å²) in [5, 5.41) is 24.6. The molecule has 22 heavy (non-hydrogen) atoms. The molecule has 0 saturated carbocycles. The number of methoxy groups -OCH3 is 1. The summed E-state index contributed by atoms with van der Waals surface area (Å²) in [5.41, 5.74) is 0.323. The average Bonchev–Trinajstić information content (AvgIpc) is 2.52. The number of hydrogen-bond donors (Lipinski definition) is 1.